The molecule has 0 N–H and O–H groups in total. The molecule has 1 saturated carbocycles. The molecule has 0 amide bonds. The molecule has 0 radical (unpaired) electrons. The van der Waals surface area contributed by atoms with E-state index in [1.54, 1.807) is 5.56 Å². The number of fused-ring (bicyclic) bond motifs is 1. The van der Waals surface area contributed by atoms with Gasteiger partial charge in [0.15, 0.2) is 0 Å². The highest BCUT2D eigenvalue weighted by molar-refractivity contribution is 5.81. The fourth-order valence-corrected chi connectivity index (χ4v) is 4.59. The van der Waals surface area contributed by atoms with Crippen molar-refractivity contribution in [1.82, 2.24) is 4.98 Å². The molecule has 1 fully saturated rings. The summed E-state index contributed by atoms with van der Waals surface area (Å²) in [4.78, 5) is 4.87. The lowest BCUT2D eigenvalue weighted by molar-refractivity contribution is 1.00. The van der Waals surface area contributed by atoms with Gasteiger partial charge in [0, 0.05) is 16.9 Å². The molecule has 0 spiro atoms. The van der Waals surface area contributed by atoms with Crippen molar-refractivity contribution in [3.05, 3.63) is 90.0 Å². The van der Waals surface area contributed by atoms with Gasteiger partial charge in [0.1, 0.15) is 0 Å². The van der Waals surface area contributed by atoms with E-state index in [9.17, 15) is 0 Å². The second-order valence-electron chi connectivity index (χ2n) is 7.21. The van der Waals surface area contributed by atoms with Gasteiger partial charge in [0.25, 0.3) is 0 Å². The first-order chi connectivity index (χ1) is 11.9. The van der Waals surface area contributed by atoms with Crippen molar-refractivity contribution >= 4 is 10.9 Å². The van der Waals surface area contributed by atoms with Gasteiger partial charge in [-0.2, -0.15) is 0 Å². The molecule has 1 nitrogen and oxygen atoms in total. The Bertz CT molecular complexity index is 1020. The minimum atomic E-state index is 0.431. The maximum absolute atomic E-state index is 4.87. The average molecular weight is 307 g/mol. The molecule has 114 valence electrons. The van der Waals surface area contributed by atoms with E-state index >= 15 is 0 Å². The number of hydrogen-bond donors (Lipinski definition) is 0. The number of benzene rings is 2. The lowest BCUT2D eigenvalue weighted by atomic mass is 9.91. The number of nitrogens with zero attached hydrogens (tertiary/aromatic N) is 1. The van der Waals surface area contributed by atoms with Gasteiger partial charge in [0.2, 0.25) is 0 Å². The third-order valence-corrected chi connectivity index (χ3v) is 5.91. The minimum absolute atomic E-state index is 0.431. The number of allylic oxidation sites excluding steroid dienone is 4. The summed E-state index contributed by atoms with van der Waals surface area (Å²) in [5.41, 5.74) is 6.38. The van der Waals surface area contributed by atoms with Crippen molar-refractivity contribution in [3.8, 4) is 11.3 Å². The summed E-state index contributed by atoms with van der Waals surface area (Å²) in [5, 5.41) is 1.20. The summed E-state index contributed by atoms with van der Waals surface area (Å²) in [7, 11) is 0. The highest BCUT2D eigenvalue weighted by atomic mass is 14.7. The predicted octanol–water partition coefficient (Wildman–Crippen LogP) is 5.45. The quantitative estimate of drug-likeness (QED) is 0.544. The Kier molecular flexibility index (Phi) is 2.36. The van der Waals surface area contributed by atoms with Crippen LogP contribution in [0.2, 0.25) is 0 Å². The van der Waals surface area contributed by atoms with Crippen molar-refractivity contribution in [1.29, 1.82) is 0 Å². The fraction of sp³-hybridized carbons (Fsp3) is 0.174. The number of aromatic nitrogens is 1. The Morgan fingerprint density at radius 1 is 0.708 bits per heavy atom. The van der Waals surface area contributed by atoms with Crippen LogP contribution in [0.15, 0.2) is 78.9 Å². The van der Waals surface area contributed by atoms with E-state index in [1.807, 2.05) is 0 Å². The van der Waals surface area contributed by atoms with Crippen molar-refractivity contribution < 1.29 is 0 Å². The monoisotopic (exact) mass is 307 g/mol. The maximum Gasteiger partial charge on any atom is 0.0709 e. The zero-order valence-corrected chi connectivity index (χ0v) is 13.3. The van der Waals surface area contributed by atoms with E-state index in [-0.39, 0.29) is 0 Å². The summed E-state index contributed by atoms with van der Waals surface area (Å²) < 4.78 is 0. The molecule has 3 aromatic rings. The second kappa shape index (κ2) is 4.45. The molecule has 1 heterocycles. The van der Waals surface area contributed by atoms with Gasteiger partial charge in [-0.3, -0.25) is 0 Å². The SMILES string of the molecule is C1=CC2C3C=CC1c1cc(-c4ccc5ccccc5n4)ccc1C23. The highest BCUT2D eigenvalue weighted by Gasteiger charge is 2.51. The molecule has 24 heavy (non-hydrogen) atoms. The van der Waals surface area contributed by atoms with E-state index in [4.69, 9.17) is 4.98 Å². The van der Waals surface area contributed by atoms with Crippen LogP contribution < -0.4 is 0 Å². The summed E-state index contributed by atoms with van der Waals surface area (Å²) in [5.74, 6) is 2.60. The van der Waals surface area contributed by atoms with E-state index in [1.165, 1.54) is 16.5 Å². The molecule has 1 aromatic heterocycles. The summed E-state index contributed by atoms with van der Waals surface area (Å²) in [6.07, 6.45) is 9.66. The topological polar surface area (TPSA) is 12.9 Å². The lowest BCUT2D eigenvalue weighted by Gasteiger charge is -2.14. The zero-order valence-electron chi connectivity index (χ0n) is 13.3. The van der Waals surface area contributed by atoms with Crippen LogP contribution in [0.1, 0.15) is 23.0 Å². The summed E-state index contributed by atoms with van der Waals surface area (Å²) >= 11 is 0. The minimum Gasteiger partial charge on any atom is -0.248 e. The largest absolute Gasteiger partial charge is 0.248 e. The van der Waals surface area contributed by atoms with E-state index in [0.717, 1.165) is 23.0 Å². The van der Waals surface area contributed by atoms with E-state index in [0.29, 0.717) is 11.8 Å². The molecule has 7 rings (SSSR count). The lowest BCUT2D eigenvalue weighted by Crippen LogP contribution is -1.97. The Morgan fingerprint density at radius 3 is 2.42 bits per heavy atom. The molecule has 2 aromatic carbocycles. The smallest absolute Gasteiger partial charge is 0.0709 e. The average Bonchev–Trinajstić information content (AvgIpc) is 3.39. The molecule has 0 saturated heterocycles. The predicted molar refractivity (Wildman–Crippen MR) is 97.9 cm³/mol. The number of rotatable bonds is 1. The van der Waals surface area contributed by atoms with E-state index < -0.39 is 0 Å². The Labute approximate surface area is 141 Å². The first-order valence-corrected chi connectivity index (χ1v) is 8.75. The van der Waals surface area contributed by atoms with E-state index in [2.05, 4.69) is 78.9 Å². The molecule has 4 aliphatic carbocycles. The maximum atomic E-state index is 4.87. The van der Waals surface area contributed by atoms with Crippen molar-refractivity contribution in [2.24, 2.45) is 11.8 Å². The molecule has 1 heteroatoms. The van der Waals surface area contributed by atoms with Gasteiger partial charge < -0.3 is 0 Å². The third kappa shape index (κ3) is 1.67. The molecule has 2 unspecified atom stereocenters. The van der Waals surface area contributed by atoms with Gasteiger partial charge in [-0.05, 0) is 47.1 Å². The summed E-state index contributed by atoms with van der Waals surface area (Å²) in [6, 6.07) is 19.6. The third-order valence-electron chi connectivity index (χ3n) is 5.91. The zero-order chi connectivity index (χ0) is 15.7. The van der Waals surface area contributed by atoms with Crippen LogP contribution in [0.3, 0.4) is 0 Å². The van der Waals surface area contributed by atoms with Crippen molar-refractivity contribution in [3.63, 3.8) is 0 Å². The highest BCUT2D eigenvalue weighted by Crippen LogP contribution is 2.61. The fourth-order valence-electron chi connectivity index (χ4n) is 4.59. The van der Waals surface area contributed by atoms with Crippen LogP contribution >= 0.6 is 0 Å². The molecule has 2 atom stereocenters. The van der Waals surface area contributed by atoms with Crippen LogP contribution in [-0.4, -0.2) is 4.98 Å². The van der Waals surface area contributed by atoms with Gasteiger partial charge in [0.05, 0.1) is 11.2 Å². The van der Waals surface area contributed by atoms with Gasteiger partial charge in [-0.1, -0.05) is 60.7 Å². The molecule has 4 aliphatic rings. The normalized spacial score (nSPS) is 28.5. The van der Waals surface area contributed by atoms with Crippen LogP contribution in [0.5, 0.6) is 0 Å². The standard InChI is InChI=1S/C23H17N/c1-2-4-21-15(3-1)8-12-22(24-21)16-7-11-19-20(13-16)14-5-9-17-18(10-6-14)23(17)19/h1-14,17-18,23H. The Hall–Kier alpha value is -2.67. The number of pyridine rings is 1. The van der Waals surface area contributed by atoms with Crippen LogP contribution in [0.4, 0.5) is 0 Å². The summed E-state index contributed by atoms with van der Waals surface area (Å²) in [6.45, 7) is 0. The van der Waals surface area contributed by atoms with Gasteiger partial charge in [-0.25, -0.2) is 4.98 Å². The number of hydrogen-bond acceptors (Lipinski definition) is 1. The van der Waals surface area contributed by atoms with Crippen molar-refractivity contribution in [2.45, 2.75) is 11.8 Å². The first-order valence-electron chi connectivity index (χ1n) is 8.75. The molecular formula is C23H17N. The molecule has 0 aliphatic heterocycles. The Morgan fingerprint density at radius 2 is 1.54 bits per heavy atom. The van der Waals surface area contributed by atoms with Gasteiger partial charge >= 0.3 is 0 Å². The van der Waals surface area contributed by atoms with Crippen molar-refractivity contribution in [2.75, 3.05) is 0 Å². The Balaban J connectivity index is 1.52. The second-order valence-corrected chi connectivity index (χ2v) is 7.21. The number of para-hydroxylation sites is 1. The van der Waals surface area contributed by atoms with Gasteiger partial charge in [-0.15, -0.1) is 0 Å². The van der Waals surface area contributed by atoms with Crippen LogP contribution in [0, 0.1) is 11.8 Å². The van der Waals surface area contributed by atoms with Crippen LogP contribution in [0.25, 0.3) is 22.2 Å². The molecule has 4 bridgehead atoms. The molecular weight excluding hydrogens is 290 g/mol. The van der Waals surface area contributed by atoms with Crippen LogP contribution in [-0.2, 0) is 0 Å². The first kappa shape index (κ1) is 12.7.